The summed E-state index contributed by atoms with van der Waals surface area (Å²) in [5.74, 6) is -0.247. The van der Waals surface area contributed by atoms with Crippen LogP contribution in [0.1, 0.15) is 12.5 Å². The van der Waals surface area contributed by atoms with Crippen LogP contribution in [-0.2, 0) is 5.54 Å². The van der Waals surface area contributed by atoms with Crippen molar-refractivity contribution in [3.05, 3.63) is 61.0 Å². The molecule has 0 spiro atoms. The highest BCUT2D eigenvalue weighted by atomic mass is 19.1. The summed E-state index contributed by atoms with van der Waals surface area (Å²) in [7, 11) is 0. The zero-order valence-electron chi connectivity index (χ0n) is 10.9. The van der Waals surface area contributed by atoms with Crippen molar-refractivity contribution in [2.24, 2.45) is 5.73 Å². The molecule has 0 bridgehead atoms. The molecule has 0 saturated carbocycles. The Balaban J connectivity index is 2.80. The van der Waals surface area contributed by atoms with Crippen LogP contribution in [0.25, 0.3) is 0 Å². The molecule has 1 aromatic rings. The first-order valence-electron chi connectivity index (χ1n) is 5.98. The lowest BCUT2D eigenvalue weighted by atomic mass is 9.92. The molecule has 1 atom stereocenters. The summed E-state index contributed by atoms with van der Waals surface area (Å²) in [6.45, 7) is 11.6. The van der Waals surface area contributed by atoms with E-state index in [-0.39, 0.29) is 5.82 Å². The number of nitrogens with two attached hydrogens (primary N) is 1. The second-order valence-corrected chi connectivity index (χ2v) is 4.70. The number of hydrogen-bond acceptors (Lipinski definition) is 2. The molecule has 3 heteroatoms. The highest BCUT2D eigenvalue weighted by Crippen LogP contribution is 2.19. The number of rotatable bonds is 7. The van der Waals surface area contributed by atoms with E-state index in [9.17, 15) is 4.39 Å². The van der Waals surface area contributed by atoms with Crippen LogP contribution in [0.3, 0.4) is 0 Å². The van der Waals surface area contributed by atoms with E-state index in [0.29, 0.717) is 6.54 Å². The van der Waals surface area contributed by atoms with Gasteiger partial charge in [0.2, 0.25) is 0 Å². The van der Waals surface area contributed by atoms with Crippen molar-refractivity contribution < 1.29 is 4.39 Å². The zero-order valence-corrected chi connectivity index (χ0v) is 10.9. The van der Waals surface area contributed by atoms with Gasteiger partial charge < -0.3 is 5.73 Å². The Morgan fingerprint density at radius 3 is 2.17 bits per heavy atom. The fourth-order valence-electron chi connectivity index (χ4n) is 1.96. The van der Waals surface area contributed by atoms with Gasteiger partial charge in [0.25, 0.3) is 0 Å². The lowest BCUT2D eigenvalue weighted by Gasteiger charge is -2.32. The molecule has 0 radical (unpaired) electrons. The summed E-state index contributed by atoms with van der Waals surface area (Å²) >= 11 is 0. The number of hydrogen-bond donors (Lipinski definition) is 1. The molecule has 2 nitrogen and oxygen atoms in total. The molecule has 0 fully saturated rings. The minimum absolute atomic E-state index is 0.247. The Labute approximate surface area is 109 Å². The van der Waals surface area contributed by atoms with E-state index in [1.165, 1.54) is 12.1 Å². The molecule has 98 valence electrons. The van der Waals surface area contributed by atoms with Crippen molar-refractivity contribution in [3.63, 3.8) is 0 Å². The summed E-state index contributed by atoms with van der Waals surface area (Å²) in [6, 6.07) is 6.34. The first kappa shape index (κ1) is 14.6. The van der Waals surface area contributed by atoms with Crippen LogP contribution in [0.2, 0.25) is 0 Å². The lowest BCUT2D eigenvalue weighted by Crippen LogP contribution is -2.45. The van der Waals surface area contributed by atoms with Crippen molar-refractivity contribution in [3.8, 4) is 0 Å². The average molecular weight is 248 g/mol. The lowest BCUT2D eigenvalue weighted by molar-refractivity contribution is 0.258. The van der Waals surface area contributed by atoms with E-state index in [1.807, 2.05) is 19.1 Å². The van der Waals surface area contributed by atoms with Gasteiger partial charge >= 0.3 is 0 Å². The van der Waals surface area contributed by atoms with Crippen molar-refractivity contribution in [1.29, 1.82) is 0 Å². The second-order valence-electron chi connectivity index (χ2n) is 4.70. The smallest absolute Gasteiger partial charge is 0.123 e. The highest BCUT2D eigenvalue weighted by molar-refractivity contribution is 5.24. The molecule has 0 aliphatic heterocycles. The molecule has 2 N–H and O–H groups in total. The van der Waals surface area contributed by atoms with Gasteiger partial charge in [-0.3, -0.25) is 4.90 Å². The first-order chi connectivity index (χ1) is 8.49. The molecular weight excluding hydrogens is 227 g/mol. The maximum absolute atomic E-state index is 12.9. The average Bonchev–Trinajstić information content (AvgIpc) is 2.29. The Kier molecular flexibility index (Phi) is 5.25. The van der Waals surface area contributed by atoms with Gasteiger partial charge in [-0.15, -0.1) is 13.2 Å². The number of benzene rings is 1. The monoisotopic (exact) mass is 248 g/mol. The molecule has 1 unspecified atom stereocenters. The first-order valence-corrected chi connectivity index (χ1v) is 5.98. The van der Waals surface area contributed by atoms with Crippen molar-refractivity contribution in [2.75, 3.05) is 19.6 Å². The molecule has 1 rings (SSSR count). The van der Waals surface area contributed by atoms with E-state index in [4.69, 9.17) is 5.73 Å². The maximum atomic E-state index is 12.9. The van der Waals surface area contributed by atoms with Crippen LogP contribution in [-0.4, -0.2) is 24.5 Å². The molecule has 0 aliphatic rings. The van der Waals surface area contributed by atoms with Crippen LogP contribution in [0.4, 0.5) is 4.39 Å². The van der Waals surface area contributed by atoms with E-state index in [2.05, 4.69) is 18.1 Å². The van der Waals surface area contributed by atoms with Gasteiger partial charge in [0.15, 0.2) is 0 Å². The fraction of sp³-hybridized carbons (Fsp3) is 0.333. The Morgan fingerprint density at radius 2 is 1.72 bits per heavy atom. The van der Waals surface area contributed by atoms with E-state index < -0.39 is 5.54 Å². The van der Waals surface area contributed by atoms with E-state index >= 15 is 0 Å². The zero-order chi connectivity index (χ0) is 13.6. The fourth-order valence-corrected chi connectivity index (χ4v) is 1.96. The van der Waals surface area contributed by atoms with Crippen molar-refractivity contribution >= 4 is 0 Å². The summed E-state index contributed by atoms with van der Waals surface area (Å²) in [5, 5.41) is 0. The van der Waals surface area contributed by atoms with Crippen molar-refractivity contribution in [1.82, 2.24) is 4.90 Å². The molecule has 0 amide bonds. The van der Waals surface area contributed by atoms with Crippen LogP contribution in [0.15, 0.2) is 49.6 Å². The molecular formula is C15H21FN2. The molecule has 18 heavy (non-hydrogen) atoms. The topological polar surface area (TPSA) is 29.3 Å². The third kappa shape index (κ3) is 4.09. The molecule has 0 aromatic heterocycles. The summed E-state index contributed by atoms with van der Waals surface area (Å²) in [5.41, 5.74) is 6.71. The molecule has 0 aliphatic carbocycles. The van der Waals surface area contributed by atoms with E-state index in [1.54, 1.807) is 12.1 Å². The summed E-state index contributed by atoms with van der Waals surface area (Å²) in [4.78, 5) is 2.14. The van der Waals surface area contributed by atoms with Gasteiger partial charge in [0.1, 0.15) is 5.82 Å². The van der Waals surface area contributed by atoms with Gasteiger partial charge in [0.05, 0.1) is 5.54 Å². The van der Waals surface area contributed by atoms with Crippen LogP contribution < -0.4 is 5.73 Å². The van der Waals surface area contributed by atoms with Gasteiger partial charge in [-0.1, -0.05) is 24.3 Å². The maximum Gasteiger partial charge on any atom is 0.123 e. The minimum atomic E-state index is -0.528. The number of halogens is 1. The van der Waals surface area contributed by atoms with Gasteiger partial charge in [-0.2, -0.15) is 0 Å². The quantitative estimate of drug-likeness (QED) is 0.752. The predicted octanol–water partition coefficient (Wildman–Crippen LogP) is 2.67. The Morgan fingerprint density at radius 1 is 1.22 bits per heavy atom. The normalized spacial score (nSPS) is 14.2. The summed E-state index contributed by atoms with van der Waals surface area (Å²) < 4.78 is 12.9. The second kappa shape index (κ2) is 6.47. The standard InChI is InChI=1S/C15H21FN2/c1-4-10-18(11-5-2)12-15(3,17)13-6-8-14(16)9-7-13/h4-9H,1-2,10-12,17H2,3H3. The van der Waals surface area contributed by atoms with Crippen LogP contribution in [0.5, 0.6) is 0 Å². The van der Waals surface area contributed by atoms with Crippen LogP contribution in [0, 0.1) is 5.82 Å². The molecule has 1 aromatic carbocycles. The predicted molar refractivity (Wildman–Crippen MR) is 74.8 cm³/mol. The van der Waals surface area contributed by atoms with E-state index in [0.717, 1.165) is 18.7 Å². The SMILES string of the molecule is C=CCN(CC=C)CC(C)(N)c1ccc(F)cc1. The van der Waals surface area contributed by atoms with Gasteiger partial charge in [0, 0.05) is 19.6 Å². The molecule has 0 heterocycles. The van der Waals surface area contributed by atoms with Crippen LogP contribution >= 0.6 is 0 Å². The highest BCUT2D eigenvalue weighted by Gasteiger charge is 2.23. The summed E-state index contributed by atoms with van der Waals surface area (Å²) in [6.07, 6.45) is 3.68. The van der Waals surface area contributed by atoms with Gasteiger partial charge in [-0.25, -0.2) is 4.39 Å². The third-order valence-electron chi connectivity index (χ3n) is 2.83. The van der Waals surface area contributed by atoms with Crippen molar-refractivity contribution in [2.45, 2.75) is 12.5 Å². The Bertz CT molecular complexity index is 385. The minimum Gasteiger partial charge on any atom is -0.321 e. The third-order valence-corrected chi connectivity index (χ3v) is 2.83. The largest absolute Gasteiger partial charge is 0.321 e. The number of nitrogens with zero attached hydrogens (tertiary/aromatic N) is 1. The molecule has 0 saturated heterocycles. The van der Waals surface area contributed by atoms with Gasteiger partial charge in [-0.05, 0) is 24.6 Å². The Hall–Kier alpha value is -1.45.